The average Bonchev–Trinajstić information content (AvgIpc) is 3.01. The van der Waals surface area contributed by atoms with Crippen LogP contribution in [0, 0.1) is 0 Å². The highest BCUT2D eigenvalue weighted by Crippen LogP contribution is 2.16. The summed E-state index contributed by atoms with van der Waals surface area (Å²) in [5.74, 6) is -0.316. The van der Waals surface area contributed by atoms with Gasteiger partial charge >= 0.3 is 0 Å². The van der Waals surface area contributed by atoms with Crippen molar-refractivity contribution >= 4 is 5.91 Å². The topological polar surface area (TPSA) is 89.8 Å². The molecule has 3 atom stereocenters. The third-order valence-corrected chi connectivity index (χ3v) is 9.07. The molecule has 0 saturated carbocycles. The van der Waals surface area contributed by atoms with E-state index in [1.807, 2.05) is 6.08 Å². The molecule has 0 fully saturated rings. The van der Waals surface area contributed by atoms with E-state index in [1.165, 1.54) is 154 Å². The molecule has 0 aliphatic heterocycles. The lowest BCUT2D eigenvalue weighted by molar-refractivity contribution is -0.124. The molecule has 0 aliphatic rings. The summed E-state index contributed by atoms with van der Waals surface area (Å²) in [4.78, 5) is 12.3. The number of allylic oxidation sites excluding steroid dienone is 1. The van der Waals surface area contributed by atoms with Crippen LogP contribution in [0.25, 0.3) is 0 Å². The van der Waals surface area contributed by atoms with E-state index in [4.69, 9.17) is 0 Å². The van der Waals surface area contributed by atoms with Crippen LogP contribution in [0.1, 0.15) is 206 Å². The zero-order valence-electron chi connectivity index (χ0n) is 29.6. The van der Waals surface area contributed by atoms with Gasteiger partial charge < -0.3 is 20.6 Å². The summed E-state index contributed by atoms with van der Waals surface area (Å²) in [6, 6.07) is -0.736. The summed E-state index contributed by atoms with van der Waals surface area (Å²) in [5, 5.41) is 33.0. The van der Waals surface area contributed by atoms with Crippen molar-refractivity contribution in [1.29, 1.82) is 0 Å². The molecule has 5 nitrogen and oxygen atoms in total. The normalized spacial score (nSPS) is 13.8. The minimum atomic E-state index is -0.921. The smallest absolute Gasteiger partial charge is 0.222 e. The molecule has 5 heteroatoms. The van der Waals surface area contributed by atoms with Gasteiger partial charge in [0.05, 0.1) is 31.3 Å². The van der Waals surface area contributed by atoms with Crippen LogP contribution < -0.4 is 5.32 Å². The van der Waals surface area contributed by atoms with Gasteiger partial charge in [0.1, 0.15) is 0 Å². The van der Waals surface area contributed by atoms with Crippen LogP contribution in [-0.4, -0.2) is 46.1 Å². The van der Waals surface area contributed by atoms with E-state index in [0.29, 0.717) is 6.42 Å². The first kappa shape index (κ1) is 43.1. The Bertz CT molecular complexity index is 611. The first-order chi connectivity index (χ1) is 21.5. The van der Waals surface area contributed by atoms with E-state index in [9.17, 15) is 20.1 Å². The van der Waals surface area contributed by atoms with Gasteiger partial charge in [0.15, 0.2) is 0 Å². The first-order valence-electron chi connectivity index (χ1n) is 19.5. The minimum absolute atomic E-state index is 0.0179. The third-order valence-electron chi connectivity index (χ3n) is 9.07. The maximum absolute atomic E-state index is 12.3. The summed E-state index contributed by atoms with van der Waals surface area (Å²) in [6.45, 7) is 4.18. The molecule has 0 aliphatic carbocycles. The van der Waals surface area contributed by atoms with Crippen molar-refractivity contribution in [3.8, 4) is 0 Å². The van der Waals surface area contributed by atoms with Crippen molar-refractivity contribution in [2.75, 3.05) is 6.61 Å². The van der Waals surface area contributed by atoms with Crippen LogP contribution >= 0.6 is 0 Å². The number of unbranched alkanes of at least 4 members (excludes halogenated alkanes) is 26. The van der Waals surface area contributed by atoms with Gasteiger partial charge in [0, 0.05) is 0 Å². The highest BCUT2D eigenvalue weighted by atomic mass is 16.3. The lowest BCUT2D eigenvalue weighted by Crippen LogP contribution is -2.45. The van der Waals surface area contributed by atoms with Crippen molar-refractivity contribution in [3.63, 3.8) is 0 Å². The molecule has 0 aromatic rings. The Kier molecular flexibility index (Phi) is 34.2. The zero-order chi connectivity index (χ0) is 32.4. The Balaban J connectivity index is 3.60. The third kappa shape index (κ3) is 31.1. The van der Waals surface area contributed by atoms with Crippen LogP contribution in [0.3, 0.4) is 0 Å². The van der Waals surface area contributed by atoms with Gasteiger partial charge in [-0.1, -0.05) is 193 Å². The second-order valence-corrected chi connectivity index (χ2v) is 13.5. The van der Waals surface area contributed by atoms with E-state index < -0.39 is 18.2 Å². The summed E-state index contributed by atoms with van der Waals surface area (Å²) in [7, 11) is 0. The molecule has 3 unspecified atom stereocenters. The van der Waals surface area contributed by atoms with Gasteiger partial charge in [-0.15, -0.1) is 0 Å². The Morgan fingerprint density at radius 2 is 0.932 bits per heavy atom. The van der Waals surface area contributed by atoms with Crippen molar-refractivity contribution in [2.24, 2.45) is 0 Å². The predicted molar refractivity (Wildman–Crippen MR) is 190 cm³/mol. The molecule has 0 rings (SSSR count). The van der Waals surface area contributed by atoms with E-state index in [-0.39, 0.29) is 18.9 Å². The van der Waals surface area contributed by atoms with Gasteiger partial charge in [-0.25, -0.2) is 0 Å². The number of rotatable bonds is 35. The number of amides is 1. The minimum Gasteiger partial charge on any atom is -0.394 e. The molecule has 0 saturated heterocycles. The van der Waals surface area contributed by atoms with Crippen molar-refractivity contribution < 1.29 is 20.1 Å². The molecule has 1 amide bonds. The SMILES string of the molecule is CCCCCCCCC/C=C/C(O)C(CO)NC(=O)CC(O)CCCCCCCCCCCCCCCCCCCCCC. The van der Waals surface area contributed by atoms with Gasteiger partial charge in [-0.2, -0.15) is 0 Å². The maximum atomic E-state index is 12.3. The fourth-order valence-corrected chi connectivity index (χ4v) is 6.05. The monoisotopic (exact) mass is 624 g/mol. The van der Waals surface area contributed by atoms with Crippen LogP contribution in [0.2, 0.25) is 0 Å². The lowest BCUT2D eigenvalue weighted by Gasteiger charge is -2.21. The summed E-state index contributed by atoms with van der Waals surface area (Å²) >= 11 is 0. The van der Waals surface area contributed by atoms with E-state index in [1.54, 1.807) is 6.08 Å². The standard InChI is InChI=1S/C39H77NO4/c1-3-5-7-9-11-13-14-15-16-17-18-19-20-21-22-23-25-26-28-30-32-36(42)34-39(44)40-37(35-41)38(43)33-31-29-27-24-12-10-8-6-4-2/h31,33,36-38,41-43H,3-30,32,34-35H2,1-2H3,(H,40,44)/b33-31+. The Labute approximate surface area is 274 Å². The number of hydrogen-bond acceptors (Lipinski definition) is 4. The second kappa shape index (κ2) is 35.0. The van der Waals surface area contributed by atoms with E-state index >= 15 is 0 Å². The highest BCUT2D eigenvalue weighted by molar-refractivity contribution is 5.76. The molecule has 0 heterocycles. The molecule has 0 bridgehead atoms. The van der Waals surface area contributed by atoms with E-state index in [2.05, 4.69) is 19.2 Å². The van der Waals surface area contributed by atoms with Gasteiger partial charge in [-0.3, -0.25) is 4.79 Å². The number of aliphatic hydroxyl groups is 3. The molecule has 0 spiro atoms. The number of hydrogen-bond donors (Lipinski definition) is 4. The van der Waals surface area contributed by atoms with Crippen LogP contribution in [0.5, 0.6) is 0 Å². The van der Waals surface area contributed by atoms with Crippen LogP contribution in [0.4, 0.5) is 0 Å². The molecule has 0 aromatic carbocycles. The average molecular weight is 624 g/mol. The van der Waals surface area contributed by atoms with Crippen LogP contribution in [0.15, 0.2) is 12.2 Å². The van der Waals surface area contributed by atoms with Crippen molar-refractivity contribution in [3.05, 3.63) is 12.2 Å². The quantitative estimate of drug-likeness (QED) is 0.0418. The predicted octanol–water partition coefficient (Wildman–Crippen LogP) is 10.5. The van der Waals surface area contributed by atoms with Gasteiger partial charge in [0.25, 0.3) is 0 Å². The molecule has 44 heavy (non-hydrogen) atoms. The molecule has 4 N–H and O–H groups in total. The van der Waals surface area contributed by atoms with Crippen molar-refractivity contribution in [1.82, 2.24) is 5.32 Å². The summed E-state index contributed by atoms with van der Waals surface area (Å²) in [6.07, 6.45) is 39.2. The molecular formula is C39H77NO4. The van der Waals surface area contributed by atoms with Gasteiger partial charge in [0.2, 0.25) is 5.91 Å². The Hall–Kier alpha value is -0.910. The number of carbonyl (C=O) groups is 1. The molecule has 0 aromatic heterocycles. The summed E-state index contributed by atoms with van der Waals surface area (Å²) in [5.41, 5.74) is 0. The number of aliphatic hydroxyl groups excluding tert-OH is 3. The largest absolute Gasteiger partial charge is 0.394 e. The molecular weight excluding hydrogens is 546 g/mol. The Morgan fingerprint density at radius 1 is 0.568 bits per heavy atom. The van der Waals surface area contributed by atoms with E-state index in [0.717, 1.165) is 25.7 Å². The fraction of sp³-hybridized carbons (Fsp3) is 0.923. The zero-order valence-corrected chi connectivity index (χ0v) is 29.6. The Morgan fingerprint density at radius 3 is 1.32 bits per heavy atom. The van der Waals surface area contributed by atoms with Crippen LogP contribution in [-0.2, 0) is 4.79 Å². The molecule has 0 radical (unpaired) electrons. The van der Waals surface area contributed by atoms with Crippen molar-refractivity contribution in [2.45, 2.75) is 225 Å². The second-order valence-electron chi connectivity index (χ2n) is 13.5. The fourth-order valence-electron chi connectivity index (χ4n) is 6.05. The number of carbonyl (C=O) groups excluding carboxylic acids is 1. The first-order valence-corrected chi connectivity index (χ1v) is 19.5. The number of nitrogens with one attached hydrogen (secondary N) is 1. The molecule has 262 valence electrons. The van der Waals surface area contributed by atoms with Gasteiger partial charge in [-0.05, 0) is 19.3 Å². The highest BCUT2D eigenvalue weighted by Gasteiger charge is 2.20. The maximum Gasteiger partial charge on any atom is 0.222 e. The lowest BCUT2D eigenvalue weighted by atomic mass is 10.0. The summed E-state index contributed by atoms with van der Waals surface area (Å²) < 4.78 is 0.